The smallest absolute Gasteiger partial charge is 0.379 e. The third-order valence-electron chi connectivity index (χ3n) is 4.19. The van der Waals surface area contributed by atoms with Gasteiger partial charge in [0.2, 0.25) is 0 Å². The van der Waals surface area contributed by atoms with E-state index in [-0.39, 0.29) is 23.7 Å². The second-order valence-corrected chi connectivity index (χ2v) is 6.63. The van der Waals surface area contributed by atoms with Crippen LogP contribution in [0.1, 0.15) is 11.3 Å². The Kier molecular flexibility index (Phi) is 4.75. The Morgan fingerprint density at radius 2 is 1.79 bits per heavy atom. The van der Waals surface area contributed by atoms with Crippen molar-refractivity contribution in [3.8, 4) is 11.4 Å². The molecular formula is C19H13ClF3N5O. The summed E-state index contributed by atoms with van der Waals surface area (Å²) in [4.78, 5) is 20.9. The van der Waals surface area contributed by atoms with E-state index in [2.05, 4.69) is 20.4 Å². The number of nitrogens with one attached hydrogen (secondary N) is 2. The molecule has 29 heavy (non-hydrogen) atoms. The van der Waals surface area contributed by atoms with E-state index in [9.17, 15) is 18.0 Å². The molecule has 0 aliphatic carbocycles. The Morgan fingerprint density at radius 1 is 1.07 bits per heavy atom. The van der Waals surface area contributed by atoms with Crippen molar-refractivity contribution < 1.29 is 13.2 Å². The number of hydrogen-bond acceptors (Lipinski definition) is 4. The van der Waals surface area contributed by atoms with Crippen LogP contribution in [0.3, 0.4) is 0 Å². The average molecular weight is 420 g/mol. The van der Waals surface area contributed by atoms with Gasteiger partial charge in [0.05, 0.1) is 17.8 Å². The lowest BCUT2D eigenvalue weighted by atomic mass is 10.1. The predicted molar refractivity (Wildman–Crippen MR) is 103 cm³/mol. The average Bonchev–Trinajstić information content (AvgIpc) is 3.11. The predicted octanol–water partition coefficient (Wildman–Crippen LogP) is 4.37. The van der Waals surface area contributed by atoms with Gasteiger partial charge in [-0.15, -0.1) is 0 Å². The van der Waals surface area contributed by atoms with Crippen molar-refractivity contribution in [2.24, 2.45) is 0 Å². The van der Waals surface area contributed by atoms with Crippen molar-refractivity contribution in [2.45, 2.75) is 12.7 Å². The minimum absolute atomic E-state index is 0.0675. The lowest BCUT2D eigenvalue weighted by Crippen LogP contribution is -2.17. The molecule has 0 atom stereocenters. The van der Waals surface area contributed by atoms with Gasteiger partial charge in [0.25, 0.3) is 11.3 Å². The number of aromatic amines is 1. The van der Waals surface area contributed by atoms with Crippen molar-refractivity contribution >= 4 is 23.1 Å². The van der Waals surface area contributed by atoms with Crippen LogP contribution in [0, 0.1) is 0 Å². The first kappa shape index (κ1) is 19.0. The van der Waals surface area contributed by atoms with E-state index in [1.54, 1.807) is 24.3 Å². The van der Waals surface area contributed by atoms with E-state index in [4.69, 9.17) is 11.6 Å². The largest absolute Gasteiger partial charge is 0.418 e. The van der Waals surface area contributed by atoms with Crippen LogP contribution >= 0.6 is 11.6 Å². The summed E-state index contributed by atoms with van der Waals surface area (Å²) in [5.74, 6) is 0.530. The molecule has 6 nitrogen and oxygen atoms in total. The lowest BCUT2D eigenvalue weighted by molar-refractivity contribution is -0.137. The fourth-order valence-electron chi connectivity index (χ4n) is 2.83. The molecule has 2 heterocycles. The molecule has 2 N–H and O–H groups in total. The zero-order chi connectivity index (χ0) is 20.6. The van der Waals surface area contributed by atoms with Crippen LogP contribution < -0.4 is 10.9 Å². The van der Waals surface area contributed by atoms with Crippen molar-refractivity contribution in [1.29, 1.82) is 0 Å². The molecule has 0 fully saturated rings. The quantitative estimate of drug-likeness (QED) is 0.515. The van der Waals surface area contributed by atoms with Crippen molar-refractivity contribution in [3.63, 3.8) is 0 Å². The van der Waals surface area contributed by atoms with Crippen molar-refractivity contribution in [2.75, 3.05) is 5.32 Å². The number of anilines is 1. The standard InChI is InChI=1S/C19H13ClF3N5O/c20-12-7-5-11(6-8-12)17-26-18-25-13(9-16(29)28(18)27-17)10-24-15-4-2-1-3-14(15)19(21,22)23/h1-9,24H,10H2,(H,25,26,27). The zero-order valence-corrected chi connectivity index (χ0v) is 15.4. The molecule has 0 saturated heterocycles. The number of rotatable bonds is 4. The summed E-state index contributed by atoms with van der Waals surface area (Å²) in [6, 6.07) is 13.2. The number of benzene rings is 2. The second-order valence-electron chi connectivity index (χ2n) is 6.20. The maximum atomic E-state index is 13.1. The van der Waals surface area contributed by atoms with Gasteiger partial charge in [-0.3, -0.25) is 9.89 Å². The lowest BCUT2D eigenvalue weighted by Gasteiger charge is -2.13. The summed E-state index contributed by atoms with van der Waals surface area (Å²) in [5, 5.41) is 6.10. The fourth-order valence-corrected chi connectivity index (χ4v) is 2.95. The van der Waals surface area contributed by atoms with Crippen LogP contribution in [0.25, 0.3) is 17.2 Å². The van der Waals surface area contributed by atoms with Crippen LogP contribution in [0.15, 0.2) is 59.4 Å². The molecule has 148 valence electrons. The summed E-state index contributed by atoms with van der Waals surface area (Å²) in [6.07, 6.45) is -4.49. The van der Waals surface area contributed by atoms with Crippen LogP contribution in [-0.2, 0) is 12.7 Å². The Morgan fingerprint density at radius 3 is 2.52 bits per heavy atom. The number of nitrogens with zero attached hydrogens (tertiary/aromatic N) is 3. The van der Waals surface area contributed by atoms with E-state index in [0.717, 1.165) is 10.6 Å². The fraction of sp³-hybridized carbons (Fsp3) is 0.105. The number of aromatic nitrogens is 4. The number of alkyl halides is 3. The Bertz CT molecular complexity index is 1230. The molecule has 0 aliphatic heterocycles. The molecule has 2 aromatic heterocycles. The highest BCUT2D eigenvalue weighted by Gasteiger charge is 2.33. The van der Waals surface area contributed by atoms with Gasteiger partial charge in [0.1, 0.15) is 0 Å². The highest BCUT2D eigenvalue weighted by Crippen LogP contribution is 2.34. The van der Waals surface area contributed by atoms with Gasteiger partial charge in [-0.2, -0.15) is 22.7 Å². The van der Waals surface area contributed by atoms with Gasteiger partial charge in [0, 0.05) is 22.3 Å². The molecule has 2 aromatic carbocycles. The molecule has 4 aromatic rings. The molecule has 4 rings (SSSR count). The van der Waals surface area contributed by atoms with Gasteiger partial charge in [0.15, 0.2) is 5.82 Å². The third kappa shape index (κ3) is 3.95. The molecule has 0 radical (unpaired) electrons. The highest BCUT2D eigenvalue weighted by atomic mass is 35.5. The molecular weight excluding hydrogens is 407 g/mol. The van der Waals surface area contributed by atoms with E-state index in [1.807, 2.05) is 0 Å². The first-order valence-electron chi connectivity index (χ1n) is 8.46. The Hall–Kier alpha value is -3.33. The SMILES string of the molecule is O=c1cc(CNc2ccccc2C(F)(F)F)nc2nc(-c3ccc(Cl)cc3)[nH]n12. The summed E-state index contributed by atoms with van der Waals surface area (Å²) in [6.45, 7) is -0.0675. The number of para-hydroxylation sites is 1. The monoisotopic (exact) mass is 419 g/mol. The van der Waals surface area contributed by atoms with E-state index >= 15 is 0 Å². The maximum absolute atomic E-state index is 13.1. The van der Waals surface area contributed by atoms with E-state index in [1.165, 1.54) is 24.3 Å². The van der Waals surface area contributed by atoms with Crippen LogP contribution in [-0.4, -0.2) is 19.6 Å². The first-order chi connectivity index (χ1) is 13.8. The molecule has 0 unspecified atom stereocenters. The van der Waals surface area contributed by atoms with Gasteiger partial charge < -0.3 is 5.32 Å². The van der Waals surface area contributed by atoms with Crippen molar-refractivity contribution in [3.05, 3.63) is 81.2 Å². The van der Waals surface area contributed by atoms with Gasteiger partial charge in [-0.25, -0.2) is 4.98 Å². The summed E-state index contributed by atoms with van der Waals surface area (Å²) in [7, 11) is 0. The highest BCUT2D eigenvalue weighted by molar-refractivity contribution is 6.30. The second kappa shape index (κ2) is 7.25. The van der Waals surface area contributed by atoms with Gasteiger partial charge >= 0.3 is 6.18 Å². The third-order valence-corrected chi connectivity index (χ3v) is 4.45. The Balaban J connectivity index is 1.63. The molecule has 0 spiro atoms. The van der Waals surface area contributed by atoms with E-state index < -0.39 is 17.3 Å². The number of halogens is 4. The molecule has 0 saturated carbocycles. The molecule has 0 bridgehead atoms. The number of fused-ring (bicyclic) bond motifs is 1. The van der Waals surface area contributed by atoms with Gasteiger partial charge in [-0.05, 0) is 36.4 Å². The van der Waals surface area contributed by atoms with Crippen LogP contribution in [0.5, 0.6) is 0 Å². The molecule has 10 heteroatoms. The first-order valence-corrected chi connectivity index (χ1v) is 8.84. The molecule has 0 aliphatic rings. The summed E-state index contributed by atoms with van der Waals surface area (Å²) >= 11 is 5.87. The number of H-pyrrole nitrogens is 1. The van der Waals surface area contributed by atoms with Gasteiger partial charge in [-0.1, -0.05) is 23.7 Å². The van der Waals surface area contributed by atoms with Crippen molar-refractivity contribution in [1.82, 2.24) is 19.6 Å². The Labute approximate surface area is 167 Å². The maximum Gasteiger partial charge on any atom is 0.418 e. The topological polar surface area (TPSA) is 75.1 Å². The summed E-state index contributed by atoms with van der Waals surface area (Å²) < 4.78 is 40.5. The molecule has 0 amide bonds. The van der Waals surface area contributed by atoms with Crippen LogP contribution in [0.4, 0.5) is 18.9 Å². The zero-order valence-electron chi connectivity index (χ0n) is 14.7. The number of hydrogen-bond donors (Lipinski definition) is 2. The van der Waals surface area contributed by atoms with Crippen LogP contribution in [0.2, 0.25) is 5.02 Å². The minimum Gasteiger partial charge on any atom is -0.379 e. The normalized spacial score (nSPS) is 11.7. The van der Waals surface area contributed by atoms with E-state index in [0.29, 0.717) is 16.4 Å². The minimum atomic E-state index is -4.49. The summed E-state index contributed by atoms with van der Waals surface area (Å²) in [5.41, 5.74) is -0.337.